The zero-order valence-corrected chi connectivity index (χ0v) is 11.0. The van der Waals surface area contributed by atoms with E-state index in [0.717, 1.165) is 6.20 Å². The smallest absolute Gasteiger partial charge is 0.366 e. The van der Waals surface area contributed by atoms with Gasteiger partial charge in [0.15, 0.2) is 0 Å². The van der Waals surface area contributed by atoms with Crippen molar-refractivity contribution in [2.24, 2.45) is 4.99 Å². The van der Waals surface area contributed by atoms with Crippen molar-refractivity contribution < 1.29 is 23.1 Å². The number of benzene rings is 1. The monoisotopic (exact) mass is 301 g/mol. The van der Waals surface area contributed by atoms with E-state index in [2.05, 4.69) is 4.99 Å². The Kier molecular flexibility index (Phi) is 3.59. The van der Waals surface area contributed by atoms with Gasteiger partial charge in [-0.2, -0.15) is 0 Å². The number of carbonyl (C=O) groups is 1. The first-order valence-electron chi connectivity index (χ1n) is 5.05. The van der Waals surface area contributed by atoms with Crippen molar-refractivity contribution in [1.82, 2.24) is 0 Å². The third-order valence-electron chi connectivity index (χ3n) is 2.32. The number of hydrogen-bond donors (Lipinski definition) is 1. The molecule has 1 aliphatic heterocycles. The molecule has 0 fully saturated rings. The van der Waals surface area contributed by atoms with Gasteiger partial charge in [0.2, 0.25) is 14.9 Å². The van der Waals surface area contributed by atoms with Crippen molar-refractivity contribution >= 4 is 32.5 Å². The van der Waals surface area contributed by atoms with Gasteiger partial charge in [-0.15, -0.1) is 0 Å². The molecule has 0 saturated carbocycles. The van der Waals surface area contributed by atoms with Gasteiger partial charge in [0.25, 0.3) is 0 Å². The molecule has 0 aliphatic carbocycles. The predicted molar refractivity (Wildman–Crippen MR) is 69.0 cm³/mol. The average molecular weight is 302 g/mol. The van der Waals surface area contributed by atoms with E-state index in [1.54, 1.807) is 24.3 Å². The molecule has 0 radical (unpaired) electrons. The molecule has 19 heavy (non-hydrogen) atoms. The number of ether oxygens (including phenoxy) is 1. The van der Waals surface area contributed by atoms with E-state index in [4.69, 9.17) is 21.4 Å². The molecule has 1 aromatic carbocycles. The molecule has 8 heteroatoms. The van der Waals surface area contributed by atoms with Crippen LogP contribution in [-0.4, -0.2) is 31.1 Å². The first-order valence-corrected chi connectivity index (χ1v) is 6.91. The van der Waals surface area contributed by atoms with Crippen LogP contribution in [0.1, 0.15) is 0 Å². The number of nitrogens with zero attached hydrogens (tertiary/aromatic N) is 1. The fraction of sp³-hybridized carbons (Fsp3) is 0.0909. The Bertz CT molecular complexity index is 693. The van der Waals surface area contributed by atoms with Crippen LogP contribution in [0.5, 0.6) is 5.75 Å². The molecule has 0 unspecified atom stereocenters. The van der Waals surface area contributed by atoms with Gasteiger partial charge in [-0.25, -0.2) is 18.2 Å². The highest BCUT2D eigenvalue weighted by atomic mass is 35.5. The van der Waals surface area contributed by atoms with Gasteiger partial charge in [-0.1, -0.05) is 23.7 Å². The zero-order chi connectivity index (χ0) is 14.0. The van der Waals surface area contributed by atoms with Crippen molar-refractivity contribution in [3.63, 3.8) is 0 Å². The fourth-order valence-corrected chi connectivity index (χ4v) is 2.65. The van der Waals surface area contributed by atoms with E-state index in [1.165, 1.54) is 0 Å². The van der Waals surface area contributed by atoms with Crippen LogP contribution in [0.2, 0.25) is 5.02 Å². The van der Waals surface area contributed by atoms with Crippen molar-refractivity contribution in [2.45, 2.75) is 0 Å². The largest absolute Gasteiger partial charge is 0.487 e. The summed E-state index contributed by atoms with van der Waals surface area (Å²) in [7, 11) is -4.07. The molecule has 0 bridgehead atoms. The van der Waals surface area contributed by atoms with Crippen LogP contribution >= 0.6 is 11.6 Å². The zero-order valence-electron chi connectivity index (χ0n) is 9.41. The molecule has 6 nitrogen and oxygen atoms in total. The Morgan fingerprint density at radius 3 is 2.63 bits per heavy atom. The second-order valence-corrected chi connectivity index (χ2v) is 5.88. The number of carboxylic acids is 1. The normalized spacial score (nSPS) is 16.7. The minimum Gasteiger partial charge on any atom is -0.487 e. The molecule has 2 rings (SSSR count). The van der Waals surface area contributed by atoms with E-state index in [9.17, 15) is 13.2 Å². The molecule has 1 aliphatic rings. The summed E-state index contributed by atoms with van der Waals surface area (Å²) in [6, 6.07) is 6.54. The van der Waals surface area contributed by atoms with Gasteiger partial charge >= 0.3 is 5.97 Å². The molecule has 0 amide bonds. The highest BCUT2D eigenvalue weighted by Gasteiger charge is 2.35. The molecule has 0 saturated heterocycles. The first kappa shape index (κ1) is 13.6. The minimum atomic E-state index is -4.07. The highest BCUT2D eigenvalue weighted by Crippen LogP contribution is 2.25. The van der Waals surface area contributed by atoms with Crippen molar-refractivity contribution in [3.05, 3.63) is 40.4 Å². The Balaban J connectivity index is 2.12. The summed E-state index contributed by atoms with van der Waals surface area (Å²) < 4.78 is 28.7. The second-order valence-electron chi connectivity index (χ2n) is 3.56. The summed E-state index contributed by atoms with van der Waals surface area (Å²) in [5.41, 5.74) is 0. The number of hydrogen-bond acceptors (Lipinski definition) is 5. The summed E-state index contributed by atoms with van der Waals surface area (Å²) in [4.78, 5) is 13.8. The molecule has 1 aromatic rings. The maximum absolute atomic E-state index is 11.7. The lowest BCUT2D eigenvalue weighted by Crippen LogP contribution is -2.24. The standard InChI is InChI=1S/C11H8ClNO5S/c12-8-3-1-2-4-9(8)18-6-7-5-13-10(11(14)15)19(7,16)17/h1-5H,6H2,(H,14,15). The van der Waals surface area contributed by atoms with Crippen molar-refractivity contribution in [2.75, 3.05) is 6.61 Å². The topological polar surface area (TPSA) is 93.0 Å². The lowest BCUT2D eigenvalue weighted by atomic mass is 10.3. The lowest BCUT2D eigenvalue weighted by molar-refractivity contribution is -0.129. The second kappa shape index (κ2) is 5.02. The maximum atomic E-state index is 11.7. The van der Waals surface area contributed by atoms with Gasteiger partial charge in [0.05, 0.1) is 5.02 Å². The van der Waals surface area contributed by atoms with Gasteiger partial charge < -0.3 is 9.84 Å². The van der Waals surface area contributed by atoms with Crippen LogP contribution < -0.4 is 4.74 Å². The Labute approximate surface area is 113 Å². The van der Waals surface area contributed by atoms with Crippen LogP contribution in [0.4, 0.5) is 0 Å². The molecule has 100 valence electrons. The number of halogens is 1. The van der Waals surface area contributed by atoms with Crippen molar-refractivity contribution in [3.8, 4) is 5.75 Å². The molecular weight excluding hydrogens is 294 g/mol. The van der Waals surface area contributed by atoms with E-state index < -0.39 is 20.9 Å². The van der Waals surface area contributed by atoms with E-state index >= 15 is 0 Å². The number of rotatable bonds is 4. The summed E-state index contributed by atoms with van der Waals surface area (Å²) in [5, 5.41) is 8.12. The summed E-state index contributed by atoms with van der Waals surface area (Å²) in [6.07, 6.45) is 0.968. The number of sulfone groups is 1. The third kappa shape index (κ3) is 2.61. The number of aliphatic imine (C=N–C) groups is 1. The highest BCUT2D eigenvalue weighted by molar-refractivity contribution is 8.11. The molecule has 1 heterocycles. The van der Waals surface area contributed by atoms with Crippen LogP contribution in [0, 0.1) is 0 Å². The molecule has 1 N–H and O–H groups in total. The molecule has 0 spiro atoms. The van der Waals surface area contributed by atoms with Crippen LogP contribution in [0.3, 0.4) is 0 Å². The van der Waals surface area contributed by atoms with Gasteiger partial charge in [-0.3, -0.25) is 0 Å². The molecular formula is C11H8ClNO5S. The minimum absolute atomic E-state index is 0.218. The number of aliphatic carboxylic acids is 1. The van der Waals surface area contributed by atoms with Gasteiger partial charge in [-0.05, 0) is 12.1 Å². The lowest BCUT2D eigenvalue weighted by Gasteiger charge is -2.08. The van der Waals surface area contributed by atoms with E-state index in [0.29, 0.717) is 10.8 Å². The first-order chi connectivity index (χ1) is 8.93. The quantitative estimate of drug-likeness (QED) is 0.909. The third-order valence-corrected chi connectivity index (χ3v) is 4.33. The maximum Gasteiger partial charge on any atom is 0.366 e. The number of para-hydroxylation sites is 1. The Morgan fingerprint density at radius 2 is 2.05 bits per heavy atom. The summed E-state index contributed by atoms with van der Waals surface area (Å²) >= 11 is 5.84. The average Bonchev–Trinajstić information content (AvgIpc) is 2.63. The van der Waals surface area contributed by atoms with Crippen LogP contribution in [-0.2, 0) is 14.6 Å². The van der Waals surface area contributed by atoms with Gasteiger partial charge in [0.1, 0.15) is 17.3 Å². The Hall–Kier alpha value is -1.86. The van der Waals surface area contributed by atoms with Crippen LogP contribution in [0.25, 0.3) is 0 Å². The fourth-order valence-electron chi connectivity index (χ4n) is 1.39. The molecule has 0 atom stereocenters. The summed E-state index contributed by atoms with van der Waals surface area (Å²) in [5.74, 6) is -1.28. The van der Waals surface area contributed by atoms with E-state index in [-0.39, 0.29) is 11.5 Å². The van der Waals surface area contributed by atoms with Crippen molar-refractivity contribution in [1.29, 1.82) is 0 Å². The SMILES string of the molecule is O=C(O)C1=NC=C(COc2ccccc2Cl)S1(=O)=O. The van der Waals surface area contributed by atoms with E-state index in [1.807, 2.05) is 0 Å². The Morgan fingerprint density at radius 1 is 1.37 bits per heavy atom. The summed E-state index contributed by atoms with van der Waals surface area (Å²) in [6.45, 7) is -0.327. The predicted octanol–water partition coefficient (Wildman–Crippen LogP) is 1.47. The molecule has 0 aromatic heterocycles. The van der Waals surface area contributed by atoms with Crippen LogP contribution in [0.15, 0.2) is 40.4 Å². The number of carboxylic acid groups (broad SMARTS) is 1. The van der Waals surface area contributed by atoms with Gasteiger partial charge in [0, 0.05) is 6.20 Å².